The van der Waals surface area contributed by atoms with E-state index in [1.807, 2.05) is 37.3 Å². The van der Waals surface area contributed by atoms with Crippen LogP contribution in [-0.2, 0) is 14.3 Å². The zero-order valence-corrected chi connectivity index (χ0v) is 17.1. The van der Waals surface area contributed by atoms with Crippen LogP contribution in [0, 0.1) is 0 Å². The summed E-state index contributed by atoms with van der Waals surface area (Å²) in [4.78, 5) is 26.1. The van der Waals surface area contributed by atoms with Gasteiger partial charge in [0, 0.05) is 40.2 Å². The van der Waals surface area contributed by atoms with Gasteiger partial charge in [0.1, 0.15) is 5.76 Å². The van der Waals surface area contributed by atoms with Crippen molar-refractivity contribution in [3.05, 3.63) is 81.5 Å². The van der Waals surface area contributed by atoms with Crippen LogP contribution in [0.15, 0.2) is 69.6 Å². The zero-order chi connectivity index (χ0) is 20.5. The molecule has 1 aromatic heterocycles. The molecule has 0 radical (unpaired) electrons. The third-order valence-corrected chi connectivity index (χ3v) is 5.83. The molecule has 2 heterocycles. The summed E-state index contributed by atoms with van der Waals surface area (Å²) >= 11 is 6.50. The number of ketones is 1. The Bertz CT molecular complexity index is 1020. The van der Waals surface area contributed by atoms with E-state index in [1.54, 1.807) is 19.3 Å². The van der Waals surface area contributed by atoms with Gasteiger partial charge in [-0.05, 0) is 44.0 Å². The van der Waals surface area contributed by atoms with Crippen LogP contribution >= 0.6 is 11.6 Å². The molecule has 0 spiro atoms. The first-order valence-electron chi connectivity index (χ1n) is 9.70. The van der Waals surface area contributed by atoms with Crippen molar-refractivity contribution in [2.45, 2.75) is 38.5 Å². The minimum absolute atomic E-state index is 0.0145. The van der Waals surface area contributed by atoms with Crippen LogP contribution in [0.3, 0.4) is 0 Å². The van der Waals surface area contributed by atoms with Gasteiger partial charge in [0.25, 0.3) is 0 Å². The molecule has 2 aliphatic rings. The van der Waals surface area contributed by atoms with E-state index in [2.05, 4.69) is 5.32 Å². The van der Waals surface area contributed by atoms with Crippen LogP contribution in [-0.4, -0.2) is 18.4 Å². The maximum Gasteiger partial charge on any atom is 0.336 e. The van der Waals surface area contributed by atoms with E-state index in [0.717, 1.165) is 17.0 Å². The van der Waals surface area contributed by atoms with E-state index in [4.69, 9.17) is 20.8 Å². The Morgan fingerprint density at radius 2 is 2.03 bits per heavy atom. The number of nitrogens with one attached hydrogen (secondary N) is 1. The lowest BCUT2D eigenvalue weighted by Gasteiger charge is -2.36. The van der Waals surface area contributed by atoms with Gasteiger partial charge < -0.3 is 14.5 Å². The van der Waals surface area contributed by atoms with Gasteiger partial charge in [-0.15, -0.1) is 0 Å². The van der Waals surface area contributed by atoms with E-state index < -0.39 is 11.9 Å². The number of rotatable bonds is 4. The van der Waals surface area contributed by atoms with Gasteiger partial charge >= 0.3 is 5.97 Å². The van der Waals surface area contributed by atoms with Crippen LogP contribution in [0.4, 0.5) is 0 Å². The quantitative estimate of drug-likeness (QED) is 0.728. The molecule has 5 nitrogen and oxygen atoms in total. The van der Waals surface area contributed by atoms with Gasteiger partial charge in [0.05, 0.1) is 18.4 Å². The van der Waals surface area contributed by atoms with Gasteiger partial charge in [-0.3, -0.25) is 4.79 Å². The number of ether oxygens (including phenoxy) is 1. The molecule has 2 aromatic rings. The summed E-state index contributed by atoms with van der Waals surface area (Å²) in [5.74, 6) is -0.246. The number of halogens is 1. The third kappa shape index (κ3) is 3.51. The highest BCUT2D eigenvalue weighted by atomic mass is 35.5. The topological polar surface area (TPSA) is 68.5 Å². The zero-order valence-electron chi connectivity index (χ0n) is 16.3. The summed E-state index contributed by atoms with van der Waals surface area (Å²) < 4.78 is 10.8. The molecule has 4 rings (SSSR count). The molecule has 1 aromatic carbocycles. The average molecular weight is 412 g/mol. The molecule has 2 atom stereocenters. The average Bonchev–Trinajstić information content (AvgIpc) is 3.22. The van der Waals surface area contributed by atoms with Gasteiger partial charge in [-0.25, -0.2) is 4.79 Å². The fourth-order valence-corrected chi connectivity index (χ4v) is 4.51. The summed E-state index contributed by atoms with van der Waals surface area (Å²) in [7, 11) is 0. The van der Waals surface area contributed by atoms with Crippen LogP contribution in [0.25, 0.3) is 0 Å². The molecule has 150 valence electrons. The van der Waals surface area contributed by atoms with E-state index in [-0.39, 0.29) is 18.3 Å². The van der Waals surface area contributed by atoms with Crippen molar-refractivity contribution in [1.29, 1.82) is 0 Å². The first-order chi connectivity index (χ1) is 14.0. The highest BCUT2D eigenvalue weighted by Crippen LogP contribution is 2.47. The SMILES string of the molecule is CCOC(=O)C1=C(C)NC2=C(C(=O)C[C@@H](c3ccco3)C2)[C@@H]1c1ccccc1Cl. The normalized spacial score (nSPS) is 21.7. The van der Waals surface area contributed by atoms with Crippen LogP contribution < -0.4 is 5.32 Å². The third-order valence-electron chi connectivity index (χ3n) is 5.48. The summed E-state index contributed by atoms with van der Waals surface area (Å²) in [6.45, 7) is 3.85. The number of dihydropyridines is 1. The Kier molecular flexibility index (Phi) is 5.33. The van der Waals surface area contributed by atoms with Gasteiger partial charge in [0.2, 0.25) is 0 Å². The number of Topliss-reactive ketones (excluding diaryl/α,β-unsaturated/α-hetero) is 1. The number of hydrogen-bond donors (Lipinski definition) is 1. The summed E-state index contributed by atoms with van der Waals surface area (Å²) in [6.07, 6.45) is 2.57. The number of hydrogen-bond acceptors (Lipinski definition) is 5. The van der Waals surface area contributed by atoms with Crippen LogP contribution in [0.1, 0.15) is 49.8 Å². The molecular formula is C23H22ClNO4. The second-order valence-electron chi connectivity index (χ2n) is 7.27. The first kappa shape index (κ1) is 19.5. The van der Waals surface area contributed by atoms with Crippen molar-refractivity contribution in [2.75, 3.05) is 6.61 Å². The van der Waals surface area contributed by atoms with Crippen molar-refractivity contribution in [1.82, 2.24) is 5.32 Å². The highest BCUT2D eigenvalue weighted by Gasteiger charge is 2.42. The molecule has 0 amide bonds. The lowest BCUT2D eigenvalue weighted by atomic mass is 9.72. The van der Waals surface area contributed by atoms with Crippen LogP contribution in [0.2, 0.25) is 5.02 Å². The second-order valence-corrected chi connectivity index (χ2v) is 7.68. The molecule has 1 N–H and O–H groups in total. The number of carbonyl (C=O) groups is 2. The molecular weight excluding hydrogens is 390 g/mol. The monoisotopic (exact) mass is 411 g/mol. The minimum Gasteiger partial charge on any atom is -0.469 e. The maximum absolute atomic E-state index is 13.3. The second kappa shape index (κ2) is 7.91. The lowest BCUT2D eigenvalue weighted by Crippen LogP contribution is -2.36. The summed E-state index contributed by atoms with van der Waals surface area (Å²) in [5, 5.41) is 3.82. The summed E-state index contributed by atoms with van der Waals surface area (Å²) in [5.41, 5.74) is 3.26. The predicted octanol–water partition coefficient (Wildman–Crippen LogP) is 4.86. The van der Waals surface area contributed by atoms with Gasteiger partial charge in [0.15, 0.2) is 5.78 Å². The Hall–Kier alpha value is -2.79. The molecule has 0 unspecified atom stereocenters. The van der Waals surface area contributed by atoms with Crippen molar-refractivity contribution in [3.8, 4) is 0 Å². The van der Waals surface area contributed by atoms with E-state index in [9.17, 15) is 9.59 Å². The number of carbonyl (C=O) groups excluding carboxylic acids is 2. The molecule has 0 bridgehead atoms. The number of furan rings is 1. The predicted molar refractivity (Wildman–Crippen MR) is 109 cm³/mol. The van der Waals surface area contributed by atoms with Gasteiger partial charge in [-0.1, -0.05) is 29.8 Å². The largest absolute Gasteiger partial charge is 0.469 e. The highest BCUT2D eigenvalue weighted by molar-refractivity contribution is 6.31. The van der Waals surface area contributed by atoms with Gasteiger partial charge in [-0.2, -0.15) is 0 Å². The Labute approximate surface area is 174 Å². The molecule has 6 heteroatoms. The van der Waals surface area contributed by atoms with Crippen molar-refractivity contribution in [2.24, 2.45) is 0 Å². The Morgan fingerprint density at radius 3 is 2.72 bits per heavy atom. The van der Waals surface area contributed by atoms with E-state index >= 15 is 0 Å². The molecule has 29 heavy (non-hydrogen) atoms. The first-order valence-corrected chi connectivity index (χ1v) is 10.1. The maximum atomic E-state index is 13.3. The number of allylic oxidation sites excluding steroid dienone is 3. The molecule has 1 aliphatic carbocycles. The van der Waals surface area contributed by atoms with Crippen molar-refractivity contribution in [3.63, 3.8) is 0 Å². The molecule has 0 saturated heterocycles. The fourth-order valence-electron chi connectivity index (χ4n) is 4.26. The van der Waals surface area contributed by atoms with E-state index in [1.165, 1.54) is 0 Å². The van der Waals surface area contributed by atoms with Crippen LogP contribution in [0.5, 0.6) is 0 Å². The van der Waals surface area contributed by atoms with Crippen molar-refractivity contribution < 1.29 is 18.7 Å². The number of esters is 1. The summed E-state index contributed by atoms with van der Waals surface area (Å²) in [6, 6.07) is 11.1. The number of benzene rings is 1. The molecule has 0 fully saturated rings. The Morgan fingerprint density at radius 1 is 1.24 bits per heavy atom. The molecule has 0 saturated carbocycles. The van der Waals surface area contributed by atoms with Crippen molar-refractivity contribution >= 4 is 23.4 Å². The smallest absolute Gasteiger partial charge is 0.336 e. The fraction of sp³-hybridized carbons (Fsp3) is 0.304. The standard InChI is InChI=1S/C23H22ClNO4/c1-3-28-23(27)20-13(2)25-17-11-14(19-9-6-10-29-19)12-18(26)22(17)21(20)15-7-4-5-8-16(15)24/h4-10,14,21,25H,3,11-12H2,1-2H3/t14-,21+/m0/s1. The minimum atomic E-state index is -0.552. The Balaban J connectivity index is 1.83. The van der Waals surface area contributed by atoms with E-state index in [0.29, 0.717) is 34.7 Å². The molecule has 1 aliphatic heterocycles. The lowest BCUT2D eigenvalue weighted by molar-refractivity contribution is -0.138.